The first kappa shape index (κ1) is 57.6. The van der Waals surface area contributed by atoms with Crippen LogP contribution < -0.4 is 9.64 Å². The molecule has 420 valence electrons. The van der Waals surface area contributed by atoms with E-state index in [0.717, 1.165) is 98.8 Å². The Morgan fingerprint density at radius 3 is 1.94 bits per heavy atom. The van der Waals surface area contributed by atoms with Crippen LogP contribution in [0, 0.1) is 0 Å². The number of hydrogen-bond acceptors (Lipinski definition) is 8. The van der Waals surface area contributed by atoms with Gasteiger partial charge in [-0.05, 0) is 153 Å². The zero-order valence-corrected chi connectivity index (χ0v) is 50.5. The molecule has 4 heterocycles. The molecule has 6 aromatic carbocycles. The van der Waals surface area contributed by atoms with Gasteiger partial charge in [0.25, 0.3) is 0 Å². The fourth-order valence-corrected chi connectivity index (χ4v) is 13.6. The highest BCUT2D eigenvalue weighted by molar-refractivity contribution is 14.0. The average Bonchev–Trinajstić information content (AvgIpc) is 3.24. The molecular weight excluding hydrogens is 1110 g/mol. The molecule has 0 saturated carbocycles. The van der Waals surface area contributed by atoms with Gasteiger partial charge in [-0.1, -0.05) is 124 Å². The number of phenols is 1. The summed E-state index contributed by atoms with van der Waals surface area (Å²) in [5, 5.41) is 26.0. The van der Waals surface area contributed by atoms with Crippen molar-refractivity contribution >= 4 is 62.6 Å². The van der Waals surface area contributed by atoms with E-state index in [1.165, 1.54) is 55.5 Å². The number of likely N-dealkylation sites (N-methyl/N-ethyl adjacent to an activating group) is 1. The van der Waals surface area contributed by atoms with Crippen molar-refractivity contribution in [3.05, 3.63) is 190 Å². The molecule has 5 aliphatic rings. The van der Waals surface area contributed by atoms with Gasteiger partial charge in [0.05, 0.1) is 41.5 Å². The predicted octanol–water partition coefficient (Wildman–Crippen LogP) is 16.8. The van der Waals surface area contributed by atoms with Crippen LogP contribution in [0.4, 0.5) is 11.4 Å². The molecule has 1 aliphatic carbocycles. The standard InChI is InChI=1S/C70H80N2O7.HI/c1-9-20-50-43-52(37-38-53-44-51(26-18-21-45(2)73)76-67(77-53)56-29-14-16-31-60(56)74)78-68(75-50)57-30-15-17-32-61(57)79-66-48(35-41-62-69(3,4)64-54-27-12-10-22-46(54)33-39-58(64)71(62)7)24-19-25-49(66)36-42-63-70(5,6)65-55-28-13-11-23-47(55)34-40-59(65)72(63)8;/h10-17,22-23,27-36,39-42,45,50-53,67-68,73H,9,18-21,24-26,37-38,43-44H2,1-8H3;1H/p+1. The summed E-state index contributed by atoms with van der Waals surface area (Å²) in [5.74, 6) is 1.77. The lowest BCUT2D eigenvalue weighted by molar-refractivity contribution is -0.401. The summed E-state index contributed by atoms with van der Waals surface area (Å²) in [5.41, 5.74) is 11.0. The molecule has 6 aromatic rings. The van der Waals surface area contributed by atoms with Crippen LogP contribution in [-0.4, -0.2) is 65.1 Å². The molecule has 2 N–H and O–H groups in total. The van der Waals surface area contributed by atoms with Crippen LogP contribution >= 0.6 is 24.0 Å². The van der Waals surface area contributed by atoms with Gasteiger partial charge in [-0.25, -0.2) is 0 Å². The fraction of sp³-hybridized carbons (Fsp3) is 0.414. The number of nitrogens with zero attached hydrogens (tertiary/aromatic N) is 2. The number of benzene rings is 6. The van der Waals surface area contributed by atoms with Crippen LogP contribution in [0.2, 0.25) is 0 Å². The lowest BCUT2D eigenvalue weighted by atomic mass is 9.78. The molecule has 0 amide bonds. The van der Waals surface area contributed by atoms with E-state index in [9.17, 15) is 10.2 Å². The first-order chi connectivity index (χ1) is 38.2. The SMILES string of the molecule is CCCC1CC(CCC2CC(CCCC(C)O)OC(c3ccccc3O)O2)OC(c2ccccc2OC2=C(/C=C/C3=[N+](C)c4ccc5ccccc5c4C3(C)C)CCC/C2=C\C=C2\N(C)c3ccc4ccccc4c3C2(C)C)O1.I. The third kappa shape index (κ3) is 11.6. The number of allylic oxidation sites excluding steroid dienone is 7. The van der Waals surface area contributed by atoms with Gasteiger partial charge in [0.2, 0.25) is 5.69 Å². The van der Waals surface area contributed by atoms with Gasteiger partial charge < -0.3 is 38.8 Å². The quantitative estimate of drug-likeness (QED) is 0.0731. The summed E-state index contributed by atoms with van der Waals surface area (Å²) in [6, 6.07) is 42.1. The van der Waals surface area contributed by atoms with Crippen LogP contribution in [0.1, 0.15) is 153 Å². The van der Waals surface area contributed by atoms with Crippen molar-refractivity contribution in [2.45, 2.75) is 173 Å². The maximum absolute atomic E-state index is 10.9. The second-order valence-electron chi connectivity index (χ2n) is 23.9. The Morgan fingerprint density at radius 2 is 1.26 bits per heavy atom. The van der Waals surface area contributed by atoms with Crippen molar-refractivity contribution in [1.29, 1.82) is 0 Å². The number of aliphatic hydroxyl groups is 1. The van der Waals surface area contributed by atoms with Crippen LogP contribution in [0.15, 0.2) is 168 Å². The molecule has 0 radical (unpaired) electrons. The zero-order valence-electron chi connectivity index (χ0n) is 48.1. The highest BCUT2D eigenvalue weighted by Crippen LogP contribution is 2.51. The minimum Gasteiger partial charge on any atom is -0.507 e. The molecule has 2 fully saturated rings. The molecule has 7 atom stereocenters. The second kappa shape index (κ2) is 24.5. The van der Waals surface area contributed by atoms with E-state index in [-0.39, 0.29) is 71.1 Å². The predicted molar refractivity (Wildman–Crippen MR) is 334 cm³/mol. The number of anilines is 1. The van der Waals surface area contributed by atoms with E-state index in [4.69, 9.17) is 23.7 Å². The molecule has 9 nitrogen and oxygen atoms in total. The van der Waals surface area contributed by atoms with E-state index in [1.54, 1.807) is 6.07 Å². The summed E-state index contributed by atoms with van der Waals surface area (Å²) in [6.45, 7) is 13.5. The van der Waals surface area contributed by atoms with Crippen LogP contribution in [-0.2, 0) is 29.8 Å². The number of aliphatic hydroxyl groups excluding tert-OH is 1. The lowest BCUT2D eigenvalue weighted by Gasteiger charge is -2.39. The lowest BCUT2D eigenvalue weighted by Crippen LogP contribution is -2.37. The van der Waals surface area contributed by atoms with Crippen molar-refractivity contribution in [3.8, 4) is 11.5 Å². The Bertz CT molecular complexity index is 3390. The Balaban J connectivity index is 0.00000720. The van der Waals surface area contributed by atoms with Gasteiger partial charge in [-0.15, -0.1) is 24.0 Å². The van der Waals surface area contributed by atoms with Crippen molar-refractivity contribution in [1.82, 2.24) is 0 Å². The highest BCUT2D eigenvalue weighted by atomic mass is 127. The van der Waals surface area contributed by atoms with E-state index >= 15 is 0 Å². The second-order valence-corrected chi connectivity index (χ2v) is 23.9. The minimum atomic E-state index is -0.677. The molecule has 10 heteroatoms. The summed E-state index contributed by atoms with van der Waals surface area (Å²) >= 11 is 0. The first-order valence-electron chi connectivity index (χ1n) is 29.3. The van der Waals surface area contributed by atoms with E-state index in [0.29, 0.717) is 12.0 Å². The van der Waals surface area contributed by atoms with Gasteiger partial charge in [-0.3, -0.25) is 0 Å². The summed E-state index contributed by atoms with van der Waals surface area (Å²) in [7, 11) is 4.41. The zero-order chi connectivity index (χ0) is 55.0. The van der Waals surface area contributed by atoms with Crippen molar-refractivity contribution < 1.29 is 38.5 Å². The number of aromatic hydroxyl groups is 1. The molecule has 0 spiro atoms. The molecule has 4 aliphatic heterocycles. The minimum absolute atomic E-state index is 0. The van der Waals surface area contributed by atoms with Gasteiger partial charge >= 0.3 is 0 Å². The summed E-state index contributed by atoms with van der Waals surface area (Å²) in [4.78, 5) is 2.37. The number of fused-ring (bicyclic) bond motifs is 6. The van der Waals surface area contributed by atoms with Crippen LogP contribution in [0.25, 0.3) is 21.5 Å². The number of halogens is 1. The maximum Gasteiger partial charge on any atom is 0.210 e. The monoisotopic (exact) mass is 1190 g/mol. The molecule has 11 rings (SSSR count). The summed E-state index contributed by atoms with van der Waals surface area (Å²) < 4.78 is 37.0. The van der Waals surface area contributed by atoms with Gasteiger partial charge in [0.1, 0.15) is 24.3 Å². The average molecular weight is 1190 g/mol. The van der Waals surface area contributed by atoms with Crippen molar-refractivity contribution in [2.75, 3.05) is 19.0 Å². The van der Waals surface area contributed by atoms with E-state index < -0.39 is 12.6 Å². The molecule has 7 unspecified atom stereocenters. The van der Waals surface area contributed by atoms with E-state index in [2.05, 4.69) is 180 Å². The molecular formula is C70H82IN2O7+. The Kier molecular flexibility index (Phi) is 17.6. The van der Waals surface area contributed by atoms with Crippen molar-refractivity contribution in [2.24, 2.45) is 0 Å². The molecule has 0 aromatic heterocycles. The molecule has 80 heavy (non-hydrogen) atoms. The normalized spacial score (nSPS) is 24.9. The third-order valence-electron chi connectivity index (χ3n) is 17.6. The van der Waals surface area contributed by atoms with Gasteiger partial charge in [0, 0.05) is 60.0 Å². The smallest absolute Gasteiger partial charge is 0.210 e. The molecule has 0 bridgehead atoms. The fourth-order valence-electron chi connectivity index (χ4n) is 13.6. The van der Waals surface area contributed by atoms with Crippen LogP contribution in [0.3, 0.4) is 0 Å². The highest BCUT2D eigenvalue weighted by Gasteiger charge is 2.45. The Labute approximate surface area is 491 Å². The third-order valence-corrected chi connectivity index (χ3v) is 17.6. The number of ether oxygens (including phenoxy) is 5. The first-order valence-corrected chi connectivity index (χ1v) is 29.3. The van der Waals surface area contributed by atoms with Crippen molar-refractivity contribution in [3.63, 3.8) is 0 Å². The molecule has 2 saturated heterocycles. The van der Waals surface area contributed by atoms with Gasteiger partial charge in [0.15, 0.2) is 18.3 Å². The maximum atomic E-state index is 10.9. The van der Waals surface area contributed by atoms with Gasteiger partial charge in [-0.2, -0.15) is 4.58 Å². The Hall–Kier alpha value is -5.60. The Morgan fingerprint density at radius 1 is 0.675 bits per heavy atom. The number of hydrogen-bond donors (Lipinski definition) is 2. The largest absolute Gasteiger partial charge is 0.507 e. The number of para-hydroxylation sites is 2. The van der Waals surface area contributed by atoms with E-state index in [1.807, 2.05) is 25.1 Å². The van der Waals surface area contributed by atoms with Crippen LogP contribution in [0.5, 0.6) is 11.5 Å². The topological polar surface area (TPSA) is 92.9 Å². The summed E-state index contributed by atoms with van der Waals surface area (Å²) in [6.07, 6.45) is 17.5. The number of rotatable bonds is 16. The number of phenolic OH excluding ortho intramolecular Hbond substituents is 1.